The number of esters is 1. The highest BCUT2D eigenvalue weighted by atomic mass is 32.2. The number of nitrogens with one attached hydrogen (secondary N) is 1. The molecule has 1 fully saturated rings. The number of piperidine rings is 1. The topological polar surface area (TPSA) is 38.3 Å². The van der Waals surface area contributed by atoms with Crippen molar-refractivity contribution >= 4 is 17.7 Å². The maximum atomic E-state index is 10.8. The smallest absolute Gasteiger partial charge is 0.305 e. The molecule has 15 heavy (non-hydrogen) atoms. The van der Waals surface area contributed by atoms with Gasteiger partial charge in [-0.2, -0.15) is 11.8 Å². The lowest BCUT2D eigenvalue weighted by Gasteiger charge is -2.22. The Kier molecular flexibility index (Phi) is 6.85. The van der Waals surface area contributed by atoms with Crippen LogP contribution in [-0.4, -0.2) is 37.7 Å². The van der Waals surface area contributed by atoms with Gasteiger partial charge in [0.05, 0.1) is 7.11 Å². The van der Waals surface area contributed by atoms with Crippen molar-refractivity contribution in [1.29, 1.82) is 0 Å². The molecule has 1 unspecified atom stereocenters. The van der Waals surface area contributed by atoms with Gasteiger partial charge in [0, 0.05) is 6.42 Å². The molecule has 0 aromatic rings. The first kappa shape index (κ1) is 12.8. The molecular weight excluding hydrogens is 210 g/mol. The summed E-state index contributed by atoms with van der Waals surface area (Å²) in [7, 11) is 1.45. The van der Waals surface area contributed by atoms with Crippen molar-refractivity contribution in [2.75, 3.05) is 31.7 Å². The molecule has 1 N–H and O–H groups in total. The van der Waals surface area contributed by atoms with Gasteiger partial charge in [0.1, 0.15) is 0 Å². The first-order valence-corrected chi connectivity index (χ1v) is 6.83. The molecule has 0 aromatic carbocycles. The van der Waals surface area contributed by atoms with Gasteiger partial charge in [-0.15, -0.1) is 0 Å². The third kappa shape index (κ3) is 6.05. The van der Waals surface area contributed by atoms with Gasteiger partial charge in [-0.05, 0) is 49.8 Å². The minimum absolute atomic E-state index is 0.0880. The van der Waals surface area contributed by atoms with E-state index in [4.69, 9.17) is 0 Å². The van der Waals surface area contributed by atoms with Crippen LogP contribution in [0.3, 0.4) is 0 Å². The lowest BCUT2D eigenvalue weighted by atomic mass is 10.0. The third-order valence-corrected chi connectivity index (χ3v) is 3.93. The van der Waals surface area contributed by atoms with Crippen molar-refractivity contribution in [3.05, 3.63) is 0 Å². The zero-order valence-electron chi connectivity index (χ0n) is 9.46. The van der Waals surface area contributed by atoms with E-state index in [0.717, 1.165) is 18.1 Å². The maximum Gasteiger partial charge on any atom is 0.305 e. The van der Waals surface area contributed by atoms with Crippen LogP contribution in [0, 0.1) is 5.92 Å². The number of hydrogen-bond acceptors (Lipinski definition) is 4. The van der Waals surface area contributed by atoms with Crippen LogP contribution in [0.1, 0.15) is 25.7 Å². The van der Waals surface area contributed by atoms with Gasteiger partial charge in [-0.3, -0.25) is 4.79 Å². The van der Waals surface area contributed by atoms with Gasteiger partial charge >= 0.3 is 5.97 Å². The largest absolute Gasteiger partial charge is 0.469 e. The summed E-state index contributed by atoms with van der Waals surface area (Å²) in [5.74, 6) is 3.05. The van der Waals surface area contributed by atoms with E-state index < -0.39 is 0 Å². The zero-order valence-corrected chi connectivity index (χ0v) is 10.3. The molecule has 88 valence electrons. The van der Waals surface area contributed by atoms with Gasteiger partial charge in [0.25, 0.3) is 0 Å². The summed E-state index contributed by atoms with van der Waals surface area (Å²) in [6.07, 6.45) is 4.17. The van der Waals surface area contributed by atoms with E-state index >= 15 is 0 Å². The molecule has 3 nitrogen and oxygen atoms in total. The lowest BCUT2D eigenvalue weighted by molar-refractivity contribution is -0.140. The van der Waals surface area contributed by atoms with E-state index in [-0.39, 0.29) is 5.97 Å². The number of rotatable bonds is 6. The minimum atomic E-state index is -0.0880. The van der Waals surface area contributed by atoms with E-state index in [1.54, 1.807) is 0 Å². The summed E-state index contributed by atoms with van der Waals surface area (Å²) < 4.78 is 4.59. The lowest BCUT2D eigenvalue weighted by Crippen LogP contribution is -2.31. The zero-order chi connectivity index (χ0) is 10.9. The molecular formula is C11H21NO2S. The van der Waals surface area contributed by atoms with Crippen LogP contribution < -0.4 is 5.32 Å². The fraction of sp³-hybridized carbons (Fsp3) is 0.909. The Labute approximate surface area is 96.3 Å². The molecule has 1 aliphatic rings. The van der Waals surface area contributed by atoms with Crippen molar-refractivity contribution in [3.63, 3.8) is 0 Å². The van der Waals surface area contributed by atoms with Crippen LogP contribution in [0.2, 0.25) is 0 Å². The summed E-state index contributed by atoms with van der Waals surface area (Å²) in [6.45, 7) is 2.35. The first-order valence-electron chi connectivity index (χ1n) is 5.68. The molecule has 1 aliphatic heterocycles. The normalized spacial score (nSPS) is 21.3. The summed E-state index contributed by atoms with van der Waals surface area (Å²) >= 11 is 1.96. The van der Waals surface area contributed by atoms with Crippen LogP contribution in [0.4, 0.5) is 0 Å². The first-order chi connectivity index (χ1) is 7.33. The van der Waals surface area contributed by atoms with Crippen molar-refractivity contribution in [3.8, 4) is 0 Å². The van der Waals surface area contributed by atoms with Crippen LogP contribution in [-0.2, 0) is 9.53 Å². The summed E-state index contributed by atoms with van der Waals surface area (Å²) in [5.41, 5.74) is 0. The monoisotopic (exact) mass is 231 g/mol. The highest BCUT2D eigenvalue weighted by molar-refractivity contribution is 7.99. The number of thioether (sulfide) groups is 1. The standard InChI is InChI=1S/C11H21NO2S/c1-14-11(13)5-3-7-15-9-10-4-2-6-12-8-10/h10,12H,2-9H2,1H3. The quantitative estimate of drug-likeness (QED) is 0.557. The van der Waals surface area contributed by atoms with Crippen molar-refractivity contribution in [1.82, 2.24) is 5.32 Å². The predicted octanol–water partition coefficient (Wildman–Crippen LogP) is 1.67. The molecule has 1 rings (SSSR count). The van der Waals surface area contributed by atoms with E-state index in [1.807, 2.05) is 11.8 Å². The Balaban J connectivity index is 1.89. The highest BCUT2D eigenvalue weighted by Crippen LogP contribution is 2.17. The van der Waals surface area contributed by atoms with E-state index in [0.29, 0.717) is 6.42 Å². The Morgan fingerprint density at radius 2 is 2.47 bits per heavy atom. The second-order valence-corrected chi connectivity index (χ2v) is 5.12. The molecule has 0 amide bonds. The molecule has 0 bridgehead atoms. The Morgan fingerprint density at radius 3 is 3.13 bits per heavy atom. The highest BCUT2D eigenvalue weighted by Gasteiger charge is 2.12. The molecule has 0 radical (unpaired) electrons. The van der Waals surface area contributed by atoms with Crippen LogP contribution in [0.15, 0.2) is 0 Å². The number of carbonyl (C=O) groups excluding carboxylic acids is 1. The average Bonchev–Trinajstić information content (AvgIpc) is 2.29. The number of hydrogen-bond donors (Lipinski definition) is 1. The summed E-state index contributed by atoms with van der Waals surface area (Å²) in [5, 5.41) is 3.42. The number of ether oxygens (including phenoxy) is 1. The second kappa shape index (κ2) is 7.99. The molecule has 1 atom stereocenters. The van der Waals surface area contributed by atoms with Gasteiger partial charge in [0.2, 0.25) is 0 Å². The van der Waals surface area contributed by atoms with Gasteiger partial charge < -0.3 is 10.1 Å². The fourth-order valence-corrected chi connectivity index (χ4v) is 2.87. The van der Waals surface area contributed by atoms with Crippen LogP contribution >= 0.6 is 11.8 Å². The minimum Gasteiger partial charge on any atom is -0.469 e. The SMILES string of the molecule is COC(=O)CCCSCC1CCCNC1. The van der Waals surface area contributed by atoms with E-state index in [1.165, 1.54) is 38.8 Å². The molecule has 4 heteroatoms. The molecule has 0 spiro atoms. The van der Waals surface area contributed by atoms with Gasteiger partial charge in [-0.25, -0.2) is 0 Å². The van der Waals surface area contributed by atoms with E-state index in [2.05, 4.69) is 10.1 Å². The Hall–Kier alpha value is -0.220. The number of methoxy groups -OCH3 is 1. The molecule has 1 heterocycles. The maximum absolute atomic E-state index is 10.8. The van der Waals surface area contributed by atoms with Gasteiger partial charge in [0.15, 0.2) is 0 Å². The second-order valence-electron chi connectivity index (χ2n) is 3.97. The van der Waals surface area contributed by atoms with Crippen LogP contribution in [0.25, 0.3) is 0 Å². The Bertz CT molecular complexity index is 181. The fourth-order valence-electron chi connectivity index (χ4n) is 1.74. The average molecular weight is 231 g/mol. The summed E-state index contributed by atoms with van der Waals surface area (Å²) in [6, 6.07) is 0. The van der Waals surface area contributed by atoms with Gasteiger partial charge in [-0.1, -0.05) is 0 Å². The van der Waals surface area contributed by atoms with E-state index in [9.17, 15) is 4.79 Å². The van der Waals surface area contributed by atoms with Crippen LogP contribution in [0.5, 0.6) is 0 Å². The molecule has 0 aromatic heterocycles. The molecule has 0 aliphatic carbocycles. The van der Waals surface area contributed by atoms with Crippen molar-refractivity contribution in [2.24, 2.45) is 5.92 Å². The Morgan fingerprint density at radius 1 is 1.60 bits per heavy atom. The molecule has 1 saturated heterocycles. The molecule has 0 saturated carbocycles. The predicted molar refractivity (Wildman–Crippen MR) is 64.2 cm³/mol. The van der Waals surface area contributed by atoms with Crippen molar-refractivity contribution < 1.29 is 9.53 Å². The number of carbonyl (C=O) groups is 1. The summed E-state index contributed by atoms with van der Waals surface area (Å²) in [4.78, 5) is 10.8. The van der Waals surface area contributed by atoms with Crippen molar-refractivity contribution in [2.45, 2.75) is 25.7 Å². The third-order valence-electron chi connectivity index (χ3n) is 2.65.